The van der Waals surface area contributed by atoms with Gasteiger partial charge in [0.2, 0.25) is 0 Å². The van der Waals surface area contributed by atoms with Gasteiger partial charge in [-0.25, -0.2) is 4.98 Å². The van der Waals surface area contributed by atoms with Gasteiger partial charge in [0.25, 0.3) is 5.69 Å². The lowest BCUT2D eigenvalue weighted by Gasteiger charge is -2.03. The topological polar surface area (TPSA) is 82.0 Å². The molecule has 5 nitrogen and oxygen atoms in total. The minimum absolute atomic E-state index is 0.00239. The summed E-state index contributed by atoms with van der Waals surface area (Å²) in [5, 5.41) is 11.9. The fourth-order valence-electron chi connectivity index (χ4n) is 1.71. The van der Waals surface area contributed by atoms with E-state index >= 15 is 0 Å². The molecule has 2 N–H and O–H groups in total. The zero-order valence-corrected chi connectivity index (χ0v) is 11.8. The third-order valence-corrected chi connectivity index (χ3v) is 4.24. The van der Waals surface area contributed by atoms with E-state index in [9.17, 15) is 10.1 Å². The maximum Gasteiger partial charge on any atom is 0.270 e. The maximum atomic E-state index is 10.6. The van der Waals surface area contributed by atoms with Crippen LogP contribution in [0.25, 0.3) is 0 Å². The van der Waals surface area contributed by atoms with Crippen molar-refractivity contribution in [1.82, 2.24) is 4.98 Å². The number of aromatic nitrogens is 1. The smallest absolute Gasteiger partial charge is 0.270 e. The molecule has 0 aliphatic heterocycles. The van der Waals surface area contributed by atoms with Crippen molar-refractivity contribution in [1.29, 1.82) is 0 Å². The molecule has 0 spiro atoms. The fourth-order valence-corrected chi connectivity index (χ4v) is 2.92. The number of thiazole rings is 1. The predicted octanol–water partition coefficient (Wildman–Crippen LogP) is 3.06. The van der Waals surface area contributed by atoms with Gasteiger partial charge in [0.05, 0.1) is 15.6 Å². The van der Waals surface area contributed by atoms with Crippen LogP contribution in [0.1, 0.15) is 21.1 Å². The molecular formula is C12H12ClN3O2S. The molecule has 0 radical (unpaired) electrons. The Labute approximate surface area is 119 Å². The van der Waals surface area contributed by atoms with Crippen molar-refractivity contribution in [2.45, 2.75) is 19.9 Å². The maximum absolute atomic E-state index is 10.6. The number of aryl methyl sites for hydroxylation is 1. The van der Waals surface area contributed by atoms with Crippen molar-refractivity contribution in [3.8, 4) is 0 Å². The highest BCUT2D eigenvalue weighted by molar-refractivity contribution is 7.11. The second kappa shape index (κ2) is 5.64. The highest BCUT2D eigenvalue weighted by atomic mass is 35.5. The Morgan fingerprint density at radius 3 is 2.79 bits per heavy atom. The van der Waals surface area contributed by atoms with Gasteiger partial charge in [-0.2, -0.15) is 0 Å². The SMILES string of the molecule is Cc1nc(CN)sc1Cc1ccc([N+](=O)[O-])cc1Cl. The first-order chi connectivity index (χ1) is 9.01. The molecule has 0 amide bonds. The summed E-state index contributed by atoms with van der Waals surface area (Å²) in [6.45, 7) is 2.34. The molecule has 0 atom stereocenters. The number of benzene rings is 1. The van der Waals surface area contributed by atoms with Crippen LogP contribution in [0, 0.1) is 17.0 Å². The number of non-ortho nitro benzene ring substituents is 1. The molecule has 0 saturated heterocycles. The van der Waals surface area contributed by atoms with E-state index < -0.39 is 4.92 Å². The Bertz CT molecular complexity index is 627. The van der Waals surface area contributed by atoms with E-state index in [1.807, 2.05) is 6.92 Å². The van der Waals surface area contributed by atoms with Crippen LogP contribution in [-0.2, 0) is 13.0 Å². The van der Waals surface area contributed by atoms with Gasteiger partial charge in [0.15, 0.2) is 0 Å². The molecule has 0 unspecified atom stereocenters. The molecule has 2 rings (SSSR count). The largest absolute Gasteiger partial charge is 0.325 e. The van der Waals surface area contributed by atoms with E-state index in [0.29, 0.717) is 18.0 Å². The number of hydrogen-bond acceptors (Lipinski definition) is 5. The summed E-state index contributed by atoms with van der Waals surface area (Å²) in [6.07, 6.45) is 0.611. The normalized spacial score (nSPS) is 10.7. The molecule has 0 aliphatic carbocycles. The average molecular weight is 298 g/mol. The number of nitro benzene ring substituents is 1. The van der Waals surface area contributed by atoms with Crippen molar-refractivity contribution in [2.24, 2.45) is 5.73 Å². The highest BCUT2D eigenvalue weighted by Crippen LogP contribution is 2.27. The van der Waals surface area contributed by atoms with E-state index in [1.165, 1.54) is 12.1 Å². The van der Waals surface area contributed by atoms with Gasteiger partial charge in [-0.1, -0.05) is 17.7 Å². The van der Waals surface area contributed by atoms with Crippen molar-refractivity contribution < 1.29 is 4.92 Å². The van der Waals surface area contributed by atoms with Crippen molar-refractivity contribution in [2.75, 3.05) is 0 Å². The second-order valence-corrected chi connectivity index (χ2v) is 5.61. The Hall–Kier alpha value is -1.50. The summed E-state index contributed by atoms with van der Waals surface area (Å²) < 4.78 is 0. The van der Waals surface area contributed by atoms with Gasteiger partial charge in [-0.15, -0.1) is 11.3 Å². The monoisotopic (exact) mass is 297 g/mol. The first kappa shape index (κ1) is 13.9. The van der Waals surface area contributed by atoms with Crippen LogP contribution in [0.4, 0.5) is 5.69 Å². The molecule has 0 bridgehead atoms. The molecule has 100 valence electrons. The van der Waals surface area contributed by atoms with E-state index in [1.54, 1.807) is 17.4 Å². The molecule has 1 heterocycles. The Balaban J connectivity index is 2.28. The molecule has 0 fully saturated rings. The molecule has 0 saturated carbocycles. The van der Waals surface area contributed by atoms with Gasteiger partial charge in [0.1, 0.15) is 5.01 Å². The predicted molar refractivity (Wildman–Crippen MR) is 75.7 cm³/mol. The molecular weight excluding hydrogens is 286 g/mol. The van der Waals surface area contributed by atoms with Crippen molar-refractivity contribution in [3.63, 3.8) is 0 Å². The summed E-state index contributed by atoms with van der Waals surface area (Å²) in [7, 11) is 0. The van der Waals surface area contributed by atoms with Crippen LogP contribution in [0.2, 0.25) is 5.02 Å². The number of nitrogens with two attached hydrogens (primary N) is 1. The zero-order valence-electron chi connectivity index (χ0n) is 10.2. The van der Waals surface area contributed by atoms with E-state index in [0.717, 1.165) is 21.1 Å². The first-order valence-electron chi connectivity index (χ1n) is 5.59. The van der Waals surface area contributed by atoms with Gasteiger partial charge in [-0.05, 0) is 12.5 Å². The van der Waals surface area contributed by atoms with E-state index in [2.05, 4.69) is 4.98 Å². The molecule has 2 aromatic rings. The Morgan fingerprint density at radius 2 is 2.26 bits per heavy atom. The van der Waals surface area contributed by atoms with Crippen LogP contribution in [0.15, 0.2) is 18.2 Å². The summed E-state index contributed by atoms with van der Waals surface area (Å²) >= 11 is 7.62. The first-order valence-corrected chi connectivity index (χ1v) is 6.78. The van der Waals surface area contributed by atoms with E-state index in [-0.39, 0.29) is 5.69 Å². The van der Waals surface area contributed by atoms with Crippen LogP contribution in [-0.4, -0.2) is 9.91 Å². The molecule has 1 aromatic heterocycles. The van der Waals surface area contributed by atoms with Crippen LogP contribution >= 0.6 is 22.9 Å². The molecule has 7 heteroatoms. The lowest BCUT2D eigenvalue weighted by molar-refractivity contribution is -0.384. The lowest BCUT2D eigenvalue weighted by Crippen LogP contribution is -1.94. The highest BCUT2D eigenvalue weighted by Gasteiger charge is 2.13. The molecule has 19 heavy (non-hydrogen) atoms. The number of halogens is 1. The minimum atomic E-state index is -0.458. The summed E-state index contributed by atoms with van der Waals surface area (Å²) in [4.78, 5) is 15.6. The average Bonchev–Trinajstić information content (AvgIpc) is 2.72. The lowest BCUT2D eigenvalue weighted by atomic mass is 10.1. The number of hydrogen-bond donors (Lipinski definition) is 1. The van der Waals surface area contributed by atoms with Gasteiger partial charge in [-0.3, -0.25) is 10.1 Å². The number of rotatable bonds is 4. The third kappa shape index (κ3) is 3.09. The number of nitrogens with zero attached hydrogens (tertiary/aromatic N) is 2. The van der Waals surface area contributed by atoms with Gasteiger partial charge in [0, 0.05) is 30.0 Å². The Kier molecular flexibility index (Phi) is 4.14. The van der Waals surface area contributed by atoms with Gasteiger partial charge >= 0.3 is 0 Å². The summed E-state index contributed by atoms with van der Waals surface area (Å²) in [5.74, 6) is 0. The summed E-state index contributed by atoms with van der Waals surface area (Å²) in [5.41, 5.74) is 7.33. The van der Waals surface area contributed by atoms with Crippen molar-refractivity contribution >= 4 is 28.6 Å². The summed E-state index contributed by atoms with van der Waals surface area (Å²) in [6, 6.07) is 4.51. The van der Waals surface area contributed by atoms with Crippen molar-refractivity contribution in [3.05, 3.63) is 54.5 Å². The molecule has 1 aromatic carbocycles. The Morgan fingerprint density at radius 1 is 1.53 bits per heavy atom. The van der Waals surface area contributed by atoms with Crippen LogP contribution in [0.3, 0.4) is 0 Å². The van der Waals surface area contributed by atoms with Crippen LogP contribution < -0.4 is 5.73 Å². The second-order valence-electron chi connectivity index (χ2n) is 4.03. The quantitative estimate of drug-likeness (QED) is 0.694. The third-order valence-electron chi connectivity index (χ3n) is 2.71. The minimum Gasteiger partial charge on any atom is -0.325 e. The zero-order chi connectivity index (χ0) is 14.0. The number of nitro groups is 1. The fraction of sp³-hybridized carbons (Fsp3) is 0.250. The molecule has 0 aliphatic rings. The van der Waals surface area contributed by atoms with Gasteiger partial charge < -0.3 is 5.73 Å². The van der Waals surface area contributed by atoms with Crippen LogP contribution in [0.5, 0.6) is 0 Å². The van der Waals surface area contributed by atoms with E-state index in [4.69, 9.17) is 17.3 Å². The standard InChI is InChI=1S/C12H12ClN3O2S/c1-7-11(19-12(6-14)15-7)4-8-2-3-9(16(17)18)5-10(8)13/h2-3,5H,4,6,14H2,1H3.